The van der Waals surface area contributed by atoms with Gasteiger partial charge in [0.15, 0.2) is 0 Å². The van der Waals surface area contributed by atoms with Gasteiger partial charge in [0.2, 0.25) is 0 Å². The summed E-state index contributed by atoms with van der Waals surface area (Å²) < 4.78 is 59.6. The molecule has 0 atom stereocenters. The summed E-state index contributed by atoms with van der Waals surface area (Å²) in [5.41, 5.74) is 0.696. The lowest BCUT2D eigenvalue weighted by Crippen LogP contribution is -2.31. The quantitative estimate of drug-likeness (QED) is 0.383. The molecule has 2 heterocycles. The average Bonchev–Trinajstić information content (AvgIpc) is 3.15. The van der Waals surface area contributed by atoms with Gasteiger partial charge in [0.05, 0.1) is 25.2 Å². The molecule has 35 heavy (non-hydrogen) atoms. The summed E-state index contributed by atoms with van der Waals surface area (Å²) in [5.74, 6) is -1.11. The highest BCUT2D eigenvalue weighted by Gasteiger charge is 2.35. The van der Waals surface area contributed by atoms with E-state index in [4.69, 9.17) is 19.3 Å². The number of alkyl halides is 3. The Bertz CT molecular complexity index is 1400. The van der Waals surface area contributed by atoms with Crippen LogP contribution in [0.25, 0.3) is 11.0 Å². The highest BCUT2D eigenvalue weighted by molar-refractivity contribution is 5.76. The lowest BCUT2D eigenvalue weighted by Gasteiger charge is -2.26. The van der Waals surface area contributed by atoms with Crippen LogP contribution in [0.2, 0.25) is 0 Å². The van der Waals surface area contributed by atoms with E-state index in [1.807, 2.05) is 0 Å². The van der Waals surface area contributed by atoms with Gasteiger partial charge >= 0.3 is 12.1 Å². The predicted molar refractivity (Wildman–Crippen MR) is 117 cm³/mol. The van der Waals surface area contributed by atoms with Crippen molar-refractivity contribution < 1.29 is 37.3 Å². The van der Waals surface area contributed by atoms with E-state index in [1.54, 1.807) is 28.9 Å². The Balaban J connectivity index is 1.42. The molecule has 180 valence electrons. The summed E-state index contributed by atoms with van der Waals surface area (Å²) in [5, 5.41) is 17.1. The Hall–Kier alpha value is -4.12. The number of fused-ring (bicyclic) bond motifs is 1. The van der Waals surface area contributed by atoms with Gasteiger partial charge in [0, 0.05) is 6.07 Å². The van der Waals surface area contributed by atoms with Crippen LogP contribution in [0, 0.1) is 0 Å². The Labute approximate surface area is 196 Å². The summed E-state index contributed by atoms with van der Waals surface area (Å²) in [4.78, 5) is 10.9. The predicted octanol–water partition coefficient (Wildman–Crippen LogP) is 5.23. The van der Waals surface area contributed by atoms with E-state index in [0.29, 0.717) is 35.6 Å². The number of carboxylic acids is 1. The molecule has 0 amide bonds. The van der Waals surface area contributed by atoms with Crippen molar-refractivity contribution in [2.45, 2.75) is 18.6 Å². The van der Waals surface area contributed by atoms with Gasteiger partial charge in [0.25, 0.3) is 0 Å². The molecule has 11 heteroatoms. The number of carbonyl (C=O) groups is 1. The molecule has 1 aliphatic rings. The highest BCUT2D eigenvalue weighted by Crippen LogP contribution is 2.41. The summed E-state index contributed by atoms with van der Waals surface area (Å²) in [7, 11) is 0. The number of halogens is 3. The van der Waals surface area contributed by atoms with Gasteiger partial charge in [-0.15, -0.1) is 5.10 Å². The molecule has 0 unspecified atom stereocenters. The molecule has 1 aliphatic heterocycles. The third-order valence-electron chi connectivity index (χ3n) is 5.38. The second-order valence-corrected chi connectivity index (χ2v) is 7.95. The Kier molecular flexibility index (Phi) is 5.77. The van der Waals surface area contributed by atoms with Crippen LogP contribution in [0.1, 0.15) is 17.2 Å². The first-order valence-electron chi connectivity index (χ1n) is 10.6. The van der Waals surface area contributed by atoms with Crippen molar-refractivity contribution in [3.63, 3.8) is 0 Å². The Morgan fingerprint density at radius 2 is 1.77 bits per heavy atom. The van der Waals surface area contributed by atoms with Gasteiger partial charge in [-0.25, -0.2) is 4.68 Å². The van der Waals surface area contributed by atoms with Crippen molar-refractivity contribution in [2.75, 3.05) is 13.2 Å². The molecule has 1 N–H and O–H groups in total. The molecular weight excluding hydrogens is 467 g/mol. The van der Waals surface area contributed by atoms with Gasteiger partial charge in [-0.2, -0.15) is 13.2 Å². The lowest BCUT2D eigenvalue weighted by atomic mass is 10.1. The number of hydrogen-bond donors (Lipinski definition) is 1. The van der Waals surface area contributed by atoms with Gasteiger partial charge in [-0.05, 0) is 48.0 Å². The monoisotopic (exact) mass is 485 g/mol. The fourth-order valence-electron chi connectivity index (χ4n) is 3.65. The molecular formula is C24H18F3N3O5. The largest absolute Gasteiger partial charge is 0.481 e. The molecule has 5 rings (SSSR count). The molecule has 4 aromatic rings. The third kappa shape index (κ3) is 4.90. The molecule has 0 radical (unpaired) electrons. The number of hydrogen-bond acceptors (Lipinski definition) is 6. The van der Waals surface area contributed by atoms with E-state index in [9.17, 15) is 18.0 Å². The molecule has 1 aromatic heterocycles. The van der Waals surface area contributed by atoms with Crippen molar-refractivity contribution in [1.29, 1.82) is 0 Å². The van der Waals surface area contributed by atoms with E-state index >= 15 is 0 Å². The number of rotatable bonds is 7. The van der Waals surface area contributed by atoms with Crippen molar-refractivity contribution >= 4 is 17.0 Å². The number of ether oxygens (including phenoxy) is 3. The zero-order valence-corrected chi connectivity index (χ0v) is 18.0. The van der Waals surface area contributed by atoms with Crippen molar-refractivity contribution in [3.05, 3.63) is 71.8 Å². The van der Waals surface area contributed by atoms with E-state index in [-0.39, 0.29) is 24.0 Å². The van der Waals surface area contributed by atoms with Crippen molar-refractivity contribution in [3.8, 4) is 23.0 Å². The molecule has 0 saturated carbocycles. The van der Waals surface area contributed by atoms with Gasteiger partial charge in [-0.1, -0.05) is 17.3 Å². The lowest BCUT2D eigenvalue weighted by molar-refractivity contribution is -0.138. The normalized spacial score (nSPS) is 14.0. The van der Waals surface area contributed by atoms with Crippen molar-refractivity contribution in [1.82, 2.24) is 15.0 Å². The molecule has 1 saturated heterocycles. The van der Waals surface area contributed by atoms with E-state index < -0.39 is 23.5 Å². The number of carboxylic acid groups (broad SMARTS) is 1. The minimum absolute atomic E-state index is 0.0327. The van der Waals surface area contributed by atoms with Gasteiger partial charge in [-0.3, -0.25) is 4.79 Å². The smallest absolute Gasteiger partial charge is 0.420 e. The fraction of sp³-hybridized carbons (Fsp3) is 0.208. The minimum atomic E-state index is -4.72. The van der Waals surface area contributed by atoms with Crippen LogP contribution in [0.15, 0.2) is 60.7 Å². The molecule has 0 bridgehead atoms. The summed E-state index contributed by atoms with van der Waals surface area (Å²) in [6.45, 7) is 1.03. The van der Waals surface area contributed by atoms with Crippen LogP contribution in [0.3, 0.4) is 0 Å². The van der Waals surface area contributed by atoms with Crippen LogP contribution in [0.5, 0.6) is 23.0 Å². The first-order chi connectivity index (χ1) is 16.8. The second-order valence-electron chi connectivity index (χ2n) is 7.95. The molecule has 8 nitrogen and oxygen atoms in total. The Morgan fingerprint density at radius 3 is 2.49 bits per heavy atom. The topological polar surface area (TPSA) is 95.7 Å². The van der Waals surface area contributed by atoms with Crippen LogP contribution in [0.4, 0.5) is 13.2 Å². The summed E-state index contributed by atoms with van der Waals surface area (Å²) in [6.07, 6.45) is -4.99. The fourth-order valence-corrected chi connectivity index (χ4v) is 3.65. The molecule has 1 fully saturated rings. The van der Waals surface area contributed by atoms with Gasteiger partial charge in [0.1, 0.15) is 40.1 Å². The average molecular weight is 485 g/mol. The maximum absolute atomic E-state index is 13.8. The first kappa shape index (κ1) is 22.7. The summed E-state index contributed by atoms with van der Waals surface area (Å²) in [6, 6.07) is 14.3. The SMILES string of the molecule is O=C(O)Cc1cccc(Oc2ccc(Oc3ccc4nnn(C5COC5)c4c3)cc2C(F)(F)F)c1. The minimum Gasteiger partial charge on any atom is -0.481 e. The van der Waals surface area contributed by atoms with E-state index in [1.165, 1.54) is 24.3 Å². The summed E-state index contributed by atoms with van der Waals surface area (Å²) >= 11 is 0. The van der Waals surface area contributed by atoms with E-state index in [2.05, 4.69) is 10.3 Å². The molecule has 0 aliphatic carbocycles. The van der Waals surface area contributed by atoms with Gasteiger partial charge < -0.3 is 19.3 Å². The first-order valence-corrected chi connectivity index (χ1v) is 10.6. The molecule has 3 aromatic carbocycles. The Morgan fingerprint density at radius 1 is 1.03 bits per heavy atom. The number of nitrogens with zero attached hydrogens (tertiary/aromatic N) is 3. The second kappa shape index (κ2) is 8.91. The third-order valence-corrected chi connectivity index (χ3v) is 5.38. The van der Waals surface area contributed by atoms with Crippen LogP contribution >= 0.6 is 0 Å². The maximum atomic E-state index is 13.8. The number of aliphatic carboxylic acids is 1. The van der Waals surface area contributed by atoms with Crippen molar-refractivity contribution in [2.24, 2.45) is 0 Å². The molecule has 0 spiro atoms. The standard InChI is InChI=1S/C24H18F3N3O5/c25-24(26,27)19-10-17(5-7-22(19)35-16-3-1-2-14(8-16)9-23(31)32)34-18-4-6-20-21(11-18)30(29-28-20)15-12-33-13-15/h1-8,10-11,15H,9,12-13H2,(H,31,32). The maximum Gasteiger partial charge on any atom is 0.420 e. The van der Waals surface area contributed by atoms with Crippen LogP contribution in [-0.4, -0.2) is 39.3 Å². The van der Waals surface area contributed by atoms with E-state index in [0.717, 1.165) is 12.1 Å². The zero-order valence-electron chi connectivity index (χ0n) is 18.0. The highest BCUT2D eigenvalue weighted by atomic mass is 19.4. The zero-order chi connectivity index (χ0) is 24.6. The number of benzene rings is 3. The van der Waals surface area contributed by atoms with Crippen LogP contribution in [-0.2, 0) is 22.1 Å². The number of aromatic nitrogens is 3. The van der Waals surface area contributed by atoms with Crippen LogP contribution < -0.4 is 9.47 Å².